The van der Waals surface area contributed by atoms with Crippen LogP contribution < -0.4 is 5.32 Å². The van der Waals surface area contributed by atoms with Gasteiger partial charge in [-0.15, -0.1) is 11.3 Å². The first-order valence-corrected chi connectivity index (χ1v) is 9.39. The summed E-state index contributed by atoms with van der Waals surface area (Å²) in [5.41, 5.74) is 1.16. The molecule has 24 heavy (non-hydrogen) atoms. The van der Waals surface area contributed by atoms with E-state index in [9.17, 15) is 4.79 Å². The van der Waals surface area contributed by atoms with E-state index in [1.807, 2.05) is 6.92 Å². The molecule has 3 heterocycles. The van der Waals surface area contributed by atoms with Gasteiger partial charge < -0.3 is 9.84 Å². The lowest BCUT2D eigenvalue weighted by molar-refractivity contribution is -0.117. The van der Waals surface area contributed by atoms with Gasteiger partial charge >= 0.3 is 0 Å². The molecule has 2 aromatic rings. The molecule has 1 saturated heterocycles. The largest absolute Gasteiger partial charge is 0.339 e. The second-order valence-corrected chi connectivity index (χ2v) is 7.40. The maximum atomic E-state index is 12.4. The number of likely N-dealkylation sites (tertiary alicyclic amines) is 1. The van der Waals surface area contributed by atoms with E-state index in [0.717, 1.165) is 49.5 Å². The van der Waals surface area contributed by atoms with E-state index >= 15 is 0 Å². The van der Waals surface area contributed by atoms with E-state index in [1.165, 1.54) is 11.3 Å². The highest BCUT2D eigenvalue weighted by molar-refractivity contribution is 7.15. The van der Waals surface area contributed by atoms with Crippen LogP contribution in [-0.4, -0.2) is 39.0 Å². The van der Waals surface area contributed by atoms with Gasteiger partial charge in [-0.2, -0.15) is 4.98 Å². The Morgan fingerprint density at radius 1 is 1.38 bits per heavy atom. The van der Waals surface area contributed by atoms with E-state index in [0.29, 0.717) is 18.3 Å². The number of hydrogen-bond acceptors (Lipinski definition) is 7. The third-order valence-electron chi connectivity index (χ3n) is 4.64. The van der Waals surface area contributed by atoms with Crippen LogP contribution in [0.3, 0.4) is 0 Å². The van der Waals surface area contributed by atoms with Crippen LogP contribution in [-0.2, 0) is 24.1 Å². The Balaban J connectivity index is 1.38. The zero-order valence-electron chi connectivity index (χ0n) is 13.7. The van der Waals surface area contributed by atoms with Crippen molar-refractivity contribution in [2.45, 2.75) is 51.5 Å². The molecule has 1 atom stereocenters. The number of thiazole rings is 1. The molecule has 7 nitrogen and oxygen atoms in total. The summed E-state index contributed by atoms with van der Waals surface area (Å²) in [4.78, 5) is 24.8. The normalized spacial score (nSPS) is 20.5. The SMILES string of the molecule is CCc1nc([C@H]2CCCN2CC(=O)Nc2nc3c(s2)CCC3)no1. The Bertz CT molecular complexity index is 719. The fourth-order valence-corrected chi connectivity index (χ4v) is 4.51. The van der Waals surface area contributed by atoms with Gasteiger partial charge in [0.15, 0.2) is 11.0 Å². The Hall–Kier alpha value is -1.80. The van der Waals surface area contributed by atoms with Gasteiger partial charge in [-0.3, -0.25) is 9.69 Å². The summed E-state index contributed by atoms with van der Waals surface area (Å²) in [5.74, 6) is 1.33. The summed E-state index contributed by atoms with van der Waals surface area (Å²) in [5, 5.41) is 7.75. The second kappa shape index (κ2) is 6.60. The van der Waals surface area contributed by atoms with Crippen molar-refractivity contribution in [3.63, 3.8) is 0 Å². The number of aromatic nitrogens is 3. The smallest absolute Gasteiger partial charge is 0.240 e. The third kappa shape index (κ3) is 3.08. The highest BCUT2D eigenvalue weighted by atomic mass is 32.1. The van der Waals surface area contributed by atoms with Crippen molar-refractivity contribution in [2.75, 3.05) is 18.4 Å². The number of aryl methyl sites for hydroxylation is 3. The number of fused-ring (bicyclic) bond motifs is 1. The molecule has 4 rings (SSSR count). The van der Waals surface area contributed by atoms with Gasteiger partial charge in [-0.05, 0) is 38.6 Å². The van der Waals surface area contributed by atoms with Gasteiger partial charge in [0.2, 0.25) is 11.8 Å². The van der Waals surface area contributed by atoms with Crippen molar-refractivity contribution in [3.8, 4) is 0 Å². The molecule has 0 unspecified atom stereocenters. The predicted octanol–water partition coefficient (Wildman–Crippen LogP) is 2.35. The fraction of sp³-hybridized carbons (Fsp3) is 0.625. The van der Waals surface area contributed by atoms with Crippen molar-refractivity contribution < 1.29 is 9.32 Å². The Labute approximate surface area is 144 Å². The predicted molar refractivity (Wildman–Crippen MR) is 90.0 cm³/mol. The summed E-state index contributed by atoms with van der Waals surface area (Å²) in [6.07, 6.45) is 6.04. The fourth-order valence-electron chi connectivity index (χ4n) is 3.44. The molecule has 1 fully saturated rings. The quantitative estimate of drug-likeness (QED) is 0.894. The van der Waals surface area contributed by atoms with Gasteiger partial charge in [-0.25, -0.2) is 4.98 Å². The number of carbonyl (C=O) groups excluding carboxylic acids is 1. The first-order chi connectivity index (χ1) is 11.7. The van der Waals surface area contributed by atoms with Crippen molar-refractivity contribution >= 4 is 22.4 Å². The van der Waals surface area contributed by atoms with Gasteiger partial charge in [0.25, 0.3) is 0 Å². The Morgan fingerprint density at radius 3 is 3.08 bits per heavy atom. The average Bonchev–Trinajstić information content (AvgIpc) is 3.29. The van der Waals surface area contributed by atoms with E-state index in [1.54, 1.807) is 11.3 Å². The van der Waals surface area contributed by atoms with Gasteiger partial charge in [0.05, 0.1) is 18.3 Å². The van der Waals surface area contributed by atoms with Gasteiger partial charge in [0.1, 0.15) is 0 Å². The lowest BCUT2D eigenvalue weighted by Crippen LogP contribution is -2.33. The van der Waals surface area contributed by atoms with Crippen molar-refractivity contribution in [3.05, 3.63) is 22.3 Å². The molecule has 128 valence electrons. The van der Waals surface area contributed by atoms with E-state index < -0.39 is 0 Å². The highest BCUT2D eigenvalue weighted by Crippen LogP contribution is 2.32. The molecule has 0 radical (unpaired) electrons. The Morgan fingerprint density at radius 2 is 2.29 bits per heavy atom. The van der Waals surface area contributed by atoms with E-state index in [-0.39, 0.29) is 11.9 Å². The molecule has 1 amide bonds. The molecule has 0 aromatic carbocycles. The summed E-state index contributed by atoms with van der Waals surface area (Å²) in [7, 11) is 0. The number of hydrogen-bond donors (Lipinski definition) is 1. The molecule has 0 spiro atoms. The average molecular weight is 347 g/mol. The Kier molecular flexibility index (Phi) is 4.32. The topological polar surface area (TPSA) is 84.2 Å². The van der Waals surface area contributed by atoms with Crippen LogP contribution in [0.15, 0.2) is 4.52 Å². The number of amides is 1. The minimum Gasteiger partial charge on any atom is -0.339 e. The van der Waals surface area contributed by atoms with Crippen LogP contribution >= 0.6 is 11.3 Å². The molecule has 1 N–H and O–H groups in total. The zero-order valence-corrected chi connectivity index (χ0v) is 14.6. The van der Waals surface area contributed by atoms with Crippen LogP contribution in [0.1, 0.15) is 54.5 Å². The summed E-state index contributed by atoms with van der Waals surface area (Å²) in [6, 6.07) is 0.0705. The number of anilines is 1. The number of nitrogens with zero attached hydrogens (tertiary/aromatic N) is 4. The third-order valence-corrected chi connectivity index (χ3v) is 5.71. The van der Waals surface area contributed by atoms with Crippen LogP contribution in [0, 0.1) is 0 Å². The van der Waals surface area contributed by atoms with Crippen LogP contribution in [0.4, 0.5) is 5.13 Å². The molecular weight excluding hydrogens is 326 g/mol. The summed E-state index contributed by atoms with van der Waals surface area (Å²) >= 11 is 1.61. The monoisotopic (exact) mass is 347 g/mol. The number of carbonyl (C=O) groups is 1. The van der Waals surface area contributed by atoms with Crippen LogP contribution in [0.5, 0.6) is 0 Å². The minimum atomic E-state index is -0.0199. The highest BCUT2D eigenvalue weighted by Gasteiger charge is 2.31. The summed E-state index contributed by atoms with van der Waals surface area (Å²) < 4.78 is 5.21. The molecule has 1 aliphatic heterocycles. The molecule has 2 aromatic heterocycles. The molecule has 0 bridgehead atoms. The maximum Gasteiger partial charge on any atom is 0.240 e. The molecule has 8 heteroatoms. The maximum absolute atomic E-state index is 12.4. The van der Waals surface area contributed by atoms with Crippen molar-refractivity contribution in [1.82, 2.24) is 20.0 Å². The minimum absolute atomic E-state index is 0.0199. The lowest BCUT2D eigenvalue weighted by Gasteiger charge is -2.20. The molecule has 2 aliphatic rings. The van der Waals surface area contributed by atoms with Gasteiger partial charge in [-0.1, -0.05) is 12.1 Å². The molecule has 1 aliphatic carbocycles. The van der Waals surface area contributed by atoms with E-state index in [4.69, 9.17) is 4.52 Å². The second-order valence-electron chi connectivity index (χ2n) is 6.32. The first kappa shape index (κ1) is 15.7. The lowest BCUT2D eigenvalue weighted by atomic mass is 10.2. The number of nitrogens with one attached hydrogen (secondary N) is 1. The summed E-state index contributed by atoms with van der Waals surface area (Å²) in [6.45, 7) is 3.20. The van der Waals surface area contributed by atoms with Crippen molar-refractivity contribution in [1.29, 1.82) is 0 Å². The standard InChI is InChI=1S/C16H21N5O2S/c1-2-14-19-15(20-23-14)11-6-4-8-21(11)9-13(22)18-16-17-10-5-3-7-12(10)24-16/h11H,2-9H2,1H3,(H,17,18,22)/t11-/m1/s1. The van der Waals surface area contributed by atoms with Gasteiger partial charge in [0, 0.05) is 11.3 Å². The molecule has 0 saturated carbocycles. The zero-order chi connectivity index (χ0) is 16.5. The molecular formula is C16H21N5O2S. The van der Waals surface area contributed by atoms with E-state index in [2.05, 4.69) is 25.3 Å². The van der Waals surface area contributed by atoms with Crippen LogP contribution in [0.2, 0.25) is 0 Å². The number of rotatable bonds is 5. The van der Waals surface area contributed by atoms with Crippen LogP contribution in [0.25, 0.3) is 0 Å². The first-order valence-electron chi connectivity index (χ1n) is 8.58. The van der Waals surface area contributed by atoms with Crippen molar-refractivity contribution in [2.24, 2.45) is 0 Å².